The van der Waals surface area contributed by atoms with Crippen LogP contribution in [0.2, 0.25) is 0 Å². The largest absolute Gasteiger partial charge is 0.379 e. The Labute approximate surface area is 148 Å². The molecule has 2 heterocycles. The second-order valence-corrected chi connectivity index (χ2v) is 6.33. The molecular weight excluding hydrogens is 324 g/mol. The van der Waals surface area contributed by atoms with Crippen LogP contribution in [0.3, 0.4) is 0 Å². The van der Waals surface area contributed by atoms with Crippen LogP contribution in [-0.2, 0) is 14.3 Å². The van der Waals surface area contributed by atoms with E-state index >= 15 is 0 Å². The average Bonchev–Trinajstić information content (AvgIpc) is 2.61. The lowest BCUT2D eigenvalue weighted by Crippen LogP contribution is -2.58. The van der Waals surface area contributed by atoms with Crippen LogP contribution in [0.4, 0.5) is 4.79 Å². The average molecular weight is 352 g/mol. The molecule has 0 spiro atoms. The molecule has 140 valence electrons. The van der Waals surface area contributed by atoms with Gasteiger partial charge >= 0.3 is 6.03 Å². The number of barbiturate groups is 1. The van der Waals surface area contributed by atoms with Crippen LogP contribution in [0, 0.1) is 5.92 Å². The zero-order valence-corrected chi connectivity index (χ0v) is 14.9. The van der Waals surface area contributed by atoms with Gasteiger partial charge in [-0.05, 0) is 6.42 Å². The zero-order valence-electron chi connectivity index (χ0n) is 14.9. The number of unbranched alkanes of at least 4 members (excludes halogenated alkanes) is 3. The van der Waals surface area contributed by atoms with E-state index in [2.05, 4.69) is 22.1 Å². The fraction of sp³-hybridized carbons (Fsp3) is 0.765. The quantitative estimate of drug-likeness (QED) is 0.374. The molecule has 25 heavy (non-hydrogen) atoms. The summed E-state index contributed by atoms with van der Waals surface area (Å²) in [5.41, 5.74) is 0. The van der Waals surface area contributed by atoms with Gasteiger partial charge in [0.2, 0.25) is 11.8 Å². The fourth-order valence-electron chi connectivity index (χ4n) is 2.87. The van der Waals surface area contributed by atoms with E-state index in [4.69, 9.17) is 4.74 Å². The Morgan fingerprint density at radius 2 is 1.92 bits per heavy atom. The molecule has 2 saturated heterocycles. The second-order valence-electron chi connectivity index (χ2n) is 6.33. The summed E-state index contributed by atoms with van der Waals surface area (Å²) in [6.45, 7) is 6.92. The molecule has 0 aromatic rings. The molecule has 0 aromatic heterocycles. The predicted molar refractivity (Wildman–Crippen MR) is 93.5 cm³/mol. The fourth-order valence-corrected chi connectivity index (χ4v) is 2.87. The van der Waals surface area contributed by atoms with Crippen molar-refractivity contribution in [2.24, 2.45) is 10.9 Å². The van der Waals surface area contributed by atoms with Gasteiger partial charge in [0.1, 0.15) is 0 Å². The number of urea groups is 1. The third-order valence-corrected chi connectivity index (χ3v) is 4.43. The number of morpholine rings is 1. The van der Waals surface area contributed by atoms with Crippen molar-refractivity contribution in [1.29, 1.82) is 0 Å². The first kappa shape index (κ1) is 19.5. The van der Waals surface area contributed by atoms with Crippen molar-refractivity contribution >= 4 is 24.1 Å². The van der Waals surface area contributed by atoms with E-state index in [1.807, 2.05) is 0 Å². The van der Waals surface area contributed by atoms with Crippen molar-refractivity contribution in [3.8, 4) is 0 Å². The Morgan fingerprint density at radius 1 is 1.16 bits per heavy atom. The van der Waals surface area contributed by atoms with E-state index in [0.29, 0.717) is 13.1 Å². The Bertz CT molecular complexity index is 503. The molecule has 2 aliphatic heterocycles. The van der Waals surface area contributed by atoms with E-state index in [1.165, 1.54) is 6.21 Å². The smallest absolute Gasteiger partial charge is 0.330 e. The second kappa shape index (κ2) is 10.2. The van der Waals surface area contributed by atoms with Crippen molar-refractivity contribution in [1.82, 2.24) is 15.1 Å². The van der Waals surface area contributed by atoms with E-state index in [-0.39, 0.29) is 0 Å². The molecule has 4 amide bonds. The van der Waals surface area contributed by atoms with E-state index in [9.17, 15) is 14.4 Å². The Balaban J connectivity index is 1.82. The molecule has 8 heteroatoms. The molecule has 0 aromatic carbocycles. The lowest BCUT2D eigenvalue weighted by Gasteiger charge is -2.28. The third-order valence-electron chi connectivity index (χ3n) is 4.43. The Hall–Kier alpha value is -1.80. The molecule has 8 nitrogen and oxygen atoms in total. The van der Waals surface area contributed by atoms with Gasteiger partial charge in [0.15, 0.2) is 5.92 Å². The zero-order chi connectivity index (χ0) is 18.1. The van der Waals surface area contributed by atoms with Gasteiger partial charge in [0, 0.05) is 32.4 Å². The number of carbonyl (C=O) groups is 3. The molecule has 1 N–H and O–H groups in total. The molecule has 0 radical (unpaired) electrons. The maximum atomic E-state index is 12.4. The molecule has 0 unspecified atom stereocenters. The van der Waals surface area contributed by atoms with Crippen molar-refractivity contribution in [3.05, 3.63) is 0 Å². The Morgan fingerprint density at radius 3 is 2.64 bits per heavy atom. The molecule has 2 fully saturated rings. The molecule has 2 rings (SSSR count). The summed E-state index contributed by atoms with van der Waals surface area (Å²) >= 11 is 0. The molecule has 0 bridgehead atoms. The van der Waals surface area contributed by atoms with Crippen LogP contribution in [0.25, 0.3) is 0 Å². The number of hydrogen-bond donors (Lipinski definition) is 1. The minimum absolute atomic E-state index is 0.343. The van der Waals surface area contributed by atoms with Gasteiger partial charge in [-0.1, -0.05) is 26.2 Å². The molecular formula is C17H28N4O4. The number of imide groups is 2. The summed E-state index contributed by atoms with van der Waals surface area (Å²) in [5, 5.41) is 2.25. The standard InChI is InChI=1S/C17H28N4O4/c1-2-3-4-5-7-21-16(23)14(15(22)19-17(21)24)13-18-6-8-20-9-11-25-12-10-20/h13-14H,2-12H2,1H3,(H,19,22,24)/t14-/m0/s1. The van der Waals surface area contributed by atoms with Crippen LogP contribution in [0.15, 0.2) is 4.99 Å². The van der Waals surface area contributed by atoms with Crippen LogP contribution in [-0.4, -0.2) is 79.8 Å². The number of hydrogen-bond acceptors (Lipinski definition) is 6. The normalized spacial score (nSPS) is 22.7. The van der Waals surface area contributed by atoms with Gasteiger partial charge in [0.25, 0.3) is 0 Å². The maximum Gasteiger partial charge on any atom is 0.330 e. The molecule has 1 atom stereocenters. The van der Waals surface area contributed by atoms with Crippen molar-refractivity contribution < 1.29 is 19.1 Å². The van der Waals surface area contributed by atoms with Gasteiger partial charge in [-0.25, -0.2) is 4.79 Å². The topological polar surface area (TPSA) is 91.3 Å². The number of nitrogens with zero attached hydrogens (tertiary/aromatic N) is 3. The van der Waals surface area contributed by atoms with E-state index in [0.717, 1.165) is 63.4 Å². The minimum Gasteiger partial charge on any atom is -0.379 e. The lowest BCUT2D eigenvalue weighted by atomic mass is 10.1. The van der Waals surface area contributed by atoms with Crippen LogP contribution >= 0.6 is 0 Å². The first-order valence-electron chi connectivity index (χ1n) is 9.09. The molecule has 0 aliphatic carbocycles. The lowest BCUT2D eigenvalue weighted by molar-refractivity contribution is -0.139. The Kier molecular flexibility index (Phi) is 8.00. The number of rotatable bonds is 9. The van der Waals surface area contributed by atoms with Gasteiger partial charge in [0.05, 0.1) is 19.8 Å². The predicted octanol–water partition coefficient (Wildman–Crippen LogP) is 0.664. The SMILES string of the molecule is CCCCCCN1C(=O)NC(=O)[C@H](C=NCCN2CCOCC2)C1=O. The van der Waals surface area contributed by atoms with Gasteiger partial charge in [-0.2, -0.15) is 0 Å². The molecule has 2 aliphatic rings. The van der Waals surface area contributed by atoms with E-state index < -0.39 is 23.8 Å². The summed E-state index contributed by atoms with van der Waals surface area (Å²) in [5.74, 6) is -2.07. The van der Waals surface area contributed by atoms with Crippen LogP contribution in [0.5, 0.6) is 0 Å². The number of aliphatic imine (C=N–C) groups is 1. The van der Waals surface area contributed by atoms with Gasteiger partial charge < -0.3 is 4.74 Å². The monoisotopic (exact) mass is 352 g/mol. The highest BCUT2D eigenvalue weighted by Crippen LogP contribution is 2.11. The summed E-state index contributed by atoms with van der Waals surface area (Å²) < 4.78 is 5.28. The first-order chi connectivity index (χ1) is 12.1. The summed E-state index contributed by atoms with van der Waals surface area (Å²) in [4.78, 5) is 43.8. The van der Waals surface area contributed by atoms with Gasteiger partial charge in [-0.3, -0.25) is 29.7 Å². The van der Waals surface area contributed by atoms with Crippen molar-refractivity contribution in [2.45, 2.75) is 32.6 Å². The highest BCUT2D eigenvalue weighted by Gasteiger charge is 2.39. The van der Waals surface area contributed by atoms with Crippen molar-refractivity contribution in [3.63, 3.8) is 0 Å². The summed E-state index contributed by atoms with van der Waals surface area (Å²) in [6.07, 6.45) is 5.23. The summed E-state index contributed by atoms with van der Waals surface area (Å²) in [6, 6.07) is -0.621. The van der Waals surface area contributed by atoms with Crippen LogP contribution < -0.4 is 5.32 Å². The number of amides is 4. The molecule has 0 saturated carbocycles. The van der Waals surface area contributed by atoms with Crippen LogP contribution in [0.1, 0.15) is 32.6 Å². The van der Waals surface area contributed by atoms with Crippen molar-refractivity contribution in [2.75, 3.05) is 45.9 Å². The highest BCUT2D eigenvalue weighted by atomic mass is 16.5. The highest BCUT2D eigenvalue weighted by molar-refractivity contribution is 6.23. The number of nitrogens with one attached hydrogen (secondary N) is 1. The van der Waals surface area contributed by atoms with E-state index in [1.54, 1.807) is 0 Å². The van der Waals surface area contributed by atoms with Gasteiger partial charge in [-0.15, -0.1) is 0 Å². The first-order valence-corrected chi connectivity index (χ1v) is 9.09. The maximum absolute atomic E-state index is 12.4. The number of ether oxygens (including phenoxy) is 1. The summed E-state index contributed by atoms with van der Waals surface area (Å²) in [7, 11) is 0. The third kappa shape index (κ3) is 5.89. The number of carbonyl (C=O) groups excluding carboxylic acids is 3. The minimum atomic E-state index is -1.01.